The Morgan fingerprint density at radius 3 is 2.29 bits per heavy atom. The van der Waals surface area contributed by atoms with Gasteiger partial charge in [-0.3, -0.25) is 4.79 Å². The monoisotopic (exact) mass is 236 g/mol. The van der Waals surface area contributed by atoms with Crippen molar-refractivity contribution in [2.45, 2.75) is 51.4 Å². The fourth-order valence-electron chi connectivity index (χ4n) is 4.64. The van der Waals surface area contributed by atoms with Crippen molar-refractivity contribution in [3.63, 3.8) is 0 Å². The second-order valence-electron chi connectivity index (χ2n) is 6.66. The van der Waals surface area contributed by atoms with Gasteiger partial charge in [-0.15, -0.1) is 0 Å². The first-order chi connectivity index (χ1) is 8.16. The zero-order valence-corrected chi connectivity index (χ0v) is 10.6. The van der Waals surface area contributed by atoms with Crippen LogP contribution < -0.4 is 11.1 Å². The summed E-state index contributed by atoms with van der Waals surface area (Å²) in [5.41, 5.74) is 6.43. The summed E-state index contributed by atoms with van der Waals surface area (Å²) in [5.74, 6) is -0.00127. The Bertz CT molecular complexity index is 310. The maximum Gasteiger partial charge on any atom is 0.222 e. The van der Waals surface area contributed by atoms with Crippen LogP contribution in [0.2, 0.25) is 0 Å². The second-order valence-corrected chi connectivity index (χ2v) is 6.66. The van der Waals surface area contributed by atoms with Gasteiger partial charge in [0, 0.05) is 13.1 Å². The van der Waals surface area contributed by atoms with Crippen molar-refractivity contribution in [3.8, 4) is 0 Å². The van der Waals surface area contributed by atoms with E-state index < -0.39 is 0 Å². The van der Waals surface area contributed by atoms with E-state index in [0.717, 1.165) is 13.1 Å². The molecule has 3 nitrogen and oxygen atoms in total. The smallest absolute Gasteiger partial charge is 0.222 e. The number of hydrogen-bond donors (Lipinski definition) is 2. The average molecular weight is 236 g/mol. The summed E-state index contributed by atoms with van der Waals surface area (Å²) in [6.45, 7) is 1.82. The topological polar surface area (TPSA) is 55.1 Å². The molecule has 1 aliphatic heterocycles. The molecule has 96 valence electrons. The molecule has 2 aliphatic carbocycles. The molecule has 1 saturated heterocycles. The van der Waals surface area contributed by atoms with E-state index in [-0.39, 0.29) is 17.2 Å². The Kier molecular flexibility index (Phi) is 2.69. The molecular formula is C14H24N2O. The largest absolute Gasteiger partial charge is 0.369 e. The van der Waals surface area contributed by atoms with Crippen LogP contribution in [-0.4, -0.2) is 19.0 Å². The molecule has 0 aromatic rings. The van der Waals surface area contributed by atoms with Crippen LogP contribution in [0.3, 0.4) is 0 Å². The standard InChI is InChI=1S/C14H24N2O/c15-12(17)11-9-16-10-14(11)7-5-13(6-8-14)3-1-2-4-13/h11,16H,1-10H2,(H2,15,17). The number of hydrogen-bond acceptors (Lipinski definition) is 2. The maximum atomic E-state index is 11.6. The van der Waals surface area contributed by atoms with Crippen LogP contribution in [0.4, 0.5) is 0 Å². The molecule has 1 heterocycles. The molecule has 3 fully saturated rings. The number of nitrogens with one attached hydrogen (secondary N) is 1. The normalized spacial score (nSPS) is 34.5. The van der Waals surface area contributed by atoms with Crippen LogP contribution in [0.15, 0.2) is 0 Å². The van der Waals surface area contributed by atoms with Crippen molar-refractivity contribution < 1.29 is 4.79 Å². The van der Waals surface area contributed by atoms with Gasteiger partial charge in [0.2, 0.25) is 5.91 Å². The Balaban J connectivity index is 1.72. The number of nitrogens with two attached hydrogens (primary N) is 1. The first-order valence-corrected chi connectivity index (χ1v) is 7.16. The lowest BCUT2D eigenvalue weighted by molar-refractivity contribution is -0.125. The number of rotatable bonds is 1. The van der Waals surface area contributed by atoms with Crippen LogP contribution >= 0.6 is 0 Å². The van der Waals surface area contributed by atoms with Crippen LogP contribution in [0.1, 0.15) is 51.4 Å². The van der Waals surface area contributed by atoms with E-state index in [1.807, 2.05) is 0 Å². The van der Waals surface area contributed by atoms with Gasteiger partial charge in [-0.1, -0.05) is 12.8 Å². The Labute approximate surface area is 104 Å². The molecule has 2 saturated carbocycles. The van der Waals surface area contributed by atoms with E-state index in [2.05, 4.69) is 5.32 Å². The summed E-state index contributed by atoms with van der Waals surface area (Å²) in [4.78, 5) is 11.6. The van der Waals surface area contributed by atoms with Crippen molar-refractivity contribution in [1.82, 2.24) is 5.32 Å². The third-order valence-electron chi connectivity index (χ3n) is 5.88. The molecular weight excluding hydrogens is 212 g/mol. The van der Waals surface area contributed by atoms with E-state index in [1.165, 1.54) is 51.4 Å². The molecule has 1 atom stereocenters. The molecule has 1 amide bonds. The molecule has 0 aromatic carbocycles. The molecule has 3 N–H and O–H groups in total. The van der Waals surface area contributed by atoms with E-state index >= 15 is 0 Å². The van der Waals surface area contributed by atoms with Crippen molar-refractivity contribution >= 4 is 5.91 Å². The molecule has 2 spiro atoms. The van der Waals surface area contributed by atoms with Crippen molar-refractivity contribution in [2.24, 2.45) is 22.5 Å². The number of carbonyl (C=O) groups is 1. The minimum absolute atomic E-state index is 0.0845. The summed E-state index contributed by atoms with van der Waals surface area (Å²) in [7, 11) is 0. The Morgan fingerprint density at radius 1 is 1.06 bits per heavy atom. The van der Waals surface area contributed by atoms with Crippen LogP contribution in [0.25, 0.3) is 0 Å². The lowest BCUT2D eigenvalue weighted by Gasteiger charge is -2.45. The van der Waals surface area contributed by atoms with E-state index in [9.17, 15) is 4.79 Å². The summed E-state index contributed by atoms with van der Waals surface area (Å²) in [6.07, 6.45) is 10.8. The lowest BCUT2D eigenvalue weighted by Crippen LogP contribution is -2.43. The van der Waals surface area contributed by atoms with Crippen molar-refractivity contribution in [1.29, 1.82) is 0 Å². The Hall–Kier alpha value is -0.570. The van der Waals surface area contributed by atoms with Gasteiger partial charge in [0.15, 0.2) is 0 Å². The fraction of sp³-hybridized carbons (Fsp3) is 0.929. The predicted molar refractivity (Wildman–Crippen MR) is 67.4 cm³/mol. The van der Waals surface area contributed by atoms with Crippen LogP contribution in [-0.2, 0) is 4.79 Å². The first-order valence-electron chi connectivity index (χ1n) is 7.16. The molecule has 0 aromatic heterocycles. The van der Waals surface area contributed by atoms with Gasteiger partial charge in [-0.2, -0.15) is 0 Å². The lowest BCUT2D eigenvalue weighted by atomic mass is 9.59. The highest BCUT2D eigenvalue weighted by Gasteiger charge is 2.51. The molecule has 3 aliphatic rings. The molecule has 0 radical (unpaired) electrons. The molecule has 3 heteroatoms. The van der Waals surface area contributed by atoms with Crippen LogP contribution in [0.5, 0.6) is 0 Å². The van der Waals surface area contributed by atoms with Gasteiger partial charge in [0.1, 0.15) is 0 Å². The minimum atomic E-state index is -0.0858. The highest BCUT2D eigenvalue weighted by molar-refractivity contribution is 5.78. The zero-order valence-electron chi connectivity index (χ0n) is 10.6. The third-order valence-corrected chi connectivity index (χ3v) is 5.88. The quantitative estimate of drug-likeness (QED) is 0.729. The average Bonchev–Trinajstić information content (AvgIpc) is 2.91. The second kappa shape index (κ2) is 3.98. The number of amides is 1. The van der Waals surface area contributed by atoms with Crippen LogP contribution in [0, 0.1) is 16.7 Å². The van der Waals surface area contributed by atoms with Gasteiger partial charge in [0.25, 0.3) is 0 Å². The molecule has 0 bridgehead atoms. The van der Waals surface area contributed by atoms with E-state index in [0.29, 0.717) is 5.41 Å². The summed E-state index contributed by atoms with van der Waals surface area (Å²) in [5, 5.41) is 3.39. The maximum absolute atomic E-state index is 11.6. The van der Waals surface area contributed by atoms with E-state index in [1.54, 1.807) is 0 Å². The fourth-order valence-corrected chi connectivity index (χ4v) is 4.64. The first kappa shape index (κ1) is 11.5. The van der Waals surface area contributed by atoms with E-state index in [4.69, 9.17) is 5.73 Å². The van der Waals surface area contributed by atoms with Gasteiger partial charge in [0.05, 0.1) is 5.92 Å². The van der Waals surface area contributed by atoms with Gasteiger partial charge in [-0.25, -0.2) is 0 Å². The van der Waals surface area contributed by atoms with Crippen molar-refractivity contribution in [3.05, 3.63) is 0 Å². The van der Waals surface area contributed by atoms with Gasteiger partial charge >= 0.3 is 0 Å². The highest BCUT2D eigenvalue weighted by Crippen LogP contribution is 2.56. The third kappa shape index (κ3) is 1.79. The summed E-state index contributed by atoms with van der Waals surface area (Å²) < 4.78 is 0. The number of carbonyl (C=O) groups excluding carboxylic acids is 1. The highest BCUT2D eigenvalue weighted by atomic mass is 16.1. The van der Waals surface area contributed by atoms with Gasteiger partial charge in [-0.05, 0) is 49.4 Å². The predicted octanol–water partition coefficient (Wildman–Crippen LogP) is 1.81. The summed E-state index contributed by atoms with van der Waals surface area (Å²) in [6, 6.07) is 0. The molecule has 3 rings (SSSR count). The zero-order chi connectivity index (χ0) is 11.9. The minimum Gasteiger partial charge on any atom is -0.369 e. The molecule has 17 heavy (non-hydrogen) atoms. The Morgan fingerprint density at radius 2 is 1.71 bits per heavy atom. The molecule has 1 unspecified atom stereocenters. The van der Waals surface area contributed by atoms with Gasteiger partial charge < -0.3 is 11.1 Å². The SMILES string of the molecule is NC(=O)C1CNCC12CCC1(CCCC1)CC2. The number of primary amides is 1. The summed E-state index contributed by atoms with van der Waals surface area (Å²) >= 11 is 0. The van der Waals surface area contributed by atoms with Crippen molar-refractivity contribution in [2.75, 3.05) is 13.1 Å².